The van der Waals surface area contributed by atoms with Crippen LogP contribution >= 0.6 is 11.8 Å². The zero-order valence-electron chi connectivity index (χ0n) is 16.2. The lowest BCUT2D eigenvalue weighted by Crippen LogP contribution is -2.54. The van der Waals surface area contributed by atoms with E-state index in [1.54, 1.807) is 18.2 Å². The van der Waals surface area contributed by atoms with Gasteiger partial charge in [0.15, 0.2) is 0 Å². The van der Waals surface area contributed by atoms with E-state index in [-0.39, 0.29) is 29.4 Å². The molecule has 2 fully saturated rings. The van der Waals surface area contributed by atoms with Gasteiger partial charge >= 0.3 is 0 Å². The molecule has 0 spiro atoms. The van der Waals surface area contributed by atoms with Crippen LogP contribution in [0.3, 0.4) is 0 Å². The van der Waals surface area contributed by atoms with Crippen LogP contribution in [-0.4, -0.2) is 66.1 Å². The van der Waals surface area contributed by atoms with E-state index in [1.165, 1.54) is 17.8 Å². The monoisotopic (exact) mass is 413 g/mol. The molecule has 0 aliphatic carbocycles. The molecule has 1 unspecified atom stereocenters. The first kappa shape index (κ1) is 19.9. The molecule has 2 aliphatic heterocycles. The number of carbonyl (C=O) groups excluding carboxylic acids is 2. The molecule has 1 atom stereocenters. The van der Waals surface area contributed by atoms with Crippen molar-refractivity contribution in [1.82, 2.24) is 9.80 Å². The fraction of sp³-hybridized carbons (Fsp3) is 0.364. The number of piperazine rings is 1. The van der Waals surface area contributed by atoms with Crippen LogP contribution in [0.15, 0.2) is 59.5 Å². The standard InChI is InChI=1S/C22H24FN3O2S/c23-18-8-4-5-9-20(18)29-16-21(27)25-14-12-24(13-15-25)19-10-11-26(22(19)28)17-6-2-1-3-7-17/h1-9,19H,10-16H2. The van der Waals surface area contributed by atoms with Gasteiger partial charge in [0.2, 0.25) is 11.8 Å². The number of benzene rings is 2. The van der Waals surface area contributed by atoms with Crippen LogP contribution in [0.1, 0.15) is 6.42 Å². The van der Waals surface area contributed by atoms with Crippen molar-refractivity contribution in [2.45, 2.75) is 17.4 Å². The van der Waals surface area contributed by atoms with Crippen molar-refractivity contribution in [2.24, 2.45) is 0 Å². The predicted octanol–water partition coefficient (Wildman–Crippen LogP) is 2.87. The molecule has 29 heavy (non-hydrogen) atoms. The van der Waals surface area contributed by atoms with Crippen LogP contribution in [0.5, 0.6) is 0 Å². The van der Waals surface area contributed by atoms with Crippen molar-refractivity contribution in [3.8, 4) is 0 Å². The van der Waals surface area contributed by atoms with Crippen molar-refractivity contribution in [2.75, 3.05) is 43.4 Å². The molecule has 5 nitrogen and oxygen atoms in total. The van der Waals surface area contributed by atoms with Gasteiger partial charge in [-0.25, -0.2) is 4.39 Å². The molecule has 2 aromatic rings. The summed E-state index contributed by atoms with van der Waals surface area (Å²) in [5, 5.41) is 0. The Labute approximate surface area is 174 Å². The Balaban J connectivity index is 1.28. The lowest BCUT2D eigenvalue weighted by molar-refractivity contribution is -0.131. The van der Waals surface area contributed by atoms with E-state index < -0.39 is 0 Å². The first-order valence-electron chi connectivity index (χ1n) is 9.89. The summed E-state index contributed by atoms with van der Waals surface area (Å²) < 4.78 is 13.7. The largest absolute Gasteiger partial charge is 0.339 e. The Morgan fingerprint density at radius 1 is 0.966 bits per heavy atom. The maximum absolute atomic E-state index is 13.7. The molecule has 0 radical (unpaired) electrons. The maximum atomic E-state index is 13.7. The van der Waals surface area contributed by atoms with Crippen LogP contribution in [0.2, 0.25) is 0 Å². The summed E-state index contributed by atoms with van der Waals surface area (Å²) >= 11 is 1.23. The van der Waals surface area contributed by atoms with Crippen molar-refractivity contribution >= 4 is 29.3 Å². The second-order valence-corrected chi connectivity index (χ2v) is 8.28. The van der Waals surface area contributed by atoms with E-state index in [9.17, 15) is 14.0 Å². The van der Waals surface area contributed by atoms with E-state index in [0.717, 1.165) is 18.7 Å². The van der Waals surface area contributed by atoms with Gasteiger partial charge in [0.05, 0.1) is 11.8 Å². The number of nitrogens with zero attached hydrogens (tertiary/aromatic N) is 3. The van der Waals surface area contributed by atoms with Gasteiger partial charge in [0, 0.05) is 43.3 Å². The molecule has 2 saturated heterocycles. The summed E-state index contributed by atoms with van der Waals surface area (Å²) in [5.41, 5.74) is 0.944. The molecule has 7 heteroatoms. The molecule has 0 aromatic heterocycles. The quantitative estimate of drug-likeness (QED) is 0.707. The molecule has 2 amide bonds. The molecular weight excluding hydrogens is 389 g/mol. The molecule has 2 aromatic carbocycles. The zero-order valence-corrected chi connectivity index (χ0v) is 17.0. The Bertz CT molecular complexity index is 871. The number of hydrogen-bond acceptors (Lipinski definition) is 4. The summed E-state index contributed by atoms with van der Waals surface area (Å²) in [5.74, 6) is 0.0934. The van der Waals surface area contributed by atoms with E-state index in [2.05, 4.69) is 4.90 Å². The van der Waals surface area contributed by atoms with Crippen LogP contribution in [0.4, 0.5) is 10.1 Å². The van der Waals surface area contributed by atoms with Gasteiger partial charge in [0.25, 0.3) is 0 Å². The van der Waals surface area contributed by atoms with E-state index >= 15 is 0 Å². The van der Waals surface area contributed by atoms with Crippen LogP contribution in [-0.2, 0) is 9.59 Å². The summed E-state index contributed by atoms with van der Waals surface area (Å²) in [6.07, 6.45) is 0.810. The fourth-order valence-electron chi connectivity index (χ4n) is 3.94. The highest BCUT2D eigenvalue weighted by molar-refractivity contribution is 8.00. The van der Waals surface area contributed by atoms with Gasteiger partial charge in [-0.2, -0.15) is 0 Å². The number of halogens is 1. The molecule has 4 rings (SSSR count). The predicted molar refractivity (Wildman–Crippen MR) is 112 cm³/mol. The van der Waals surface area contributed by atoms with Gasteiger partial charge < -0.3 is 9.80 Å². The van der Waals surface area contributed by atoms with Crippen molar-refractivity contribution < 1.29 is 14.0 Å². The lowest BCUT2D eigenvalue weighted by atomic mass is 10.2. The minimum absolute atomic E-state index is 0.0153. The SMILES string of the molecule is O=C(CSc1ccccc1F)N1CCN(C2CCN(c3ccccc3)C2=O)CC1. The van der Waals surface area contributed by atoms with Crippen molar-refractivity contribution in [3.05, 3.63) is 60.4 Å². The van der Waals surface area contributed by atoms with Gasteiger partial charge in [-0.05, 0) is 30.7 Å². The average molecular weight is 414 g/mol. The van der Waals surface area contributed by atoms with Gasteiger partial charge in [-0.1, -0.05) is 30.3 Å². The topological polar surface area (TPSA) is 43.9 Å². The molecular formula is C22H24FN3O2S. The third kappa shape index (κ3) is 4.46. The Morgan fingerprint density at radius 2 is 1.66 bits per heavy atom. The van der Waals surface area contributed by atoms with Crippen LogP contribution in [0.25, 0.3) is 0 Å². The second-order valence-electron chi connectivity index (χ2n) is 7.27. The highest BCUT2D eigenvalue weighted by Crippen LogP contribution is 2.25. The maximum Gasteiger partial charge on any atom is 0.244 e. The average Bonchev–Trinajstić information content (AvgIpc) is 3.15. The van der Waals surface area contributed by atoms with Gasteiger partial charge in [0.1, 0.15) is 5.82 Å². The molecule has 152 valence electrons. The van der Waals surface area contributed by atoms with Crippen LogP contribution < -0.4 is 4.90 Å². The minimum atomic E-state index is -0.294. The molecule has 2 heterocycles. The summed E-state index contributed by atoms with van der Waals surface area (Å²) in [6, 6.07) is 16.2. The summed E-state index contributed by atoms with van der Waals surface area (Å²) in [4.78, 5) is 31.7. The Morgan fingerprint density at radius 3 is 2.38 bits per heavy atom. The van der Waals surface area contributed by atoms with Gasteiger partial charge in [-0.3, -0.25) is 14.5 Å². The van der Waals surface area contributed by atoms with Crippen molar-refractivity contribution in [1.29, 1.82) is 0 Å². The molecule has 2 aliphatic rings. The highest BCUT2D eigenvalue weighted by Gasteiger charge is 2.38. The number of carbonyl (C=O) groups is 2. The highest BCUT2D eigenvalue weighted by atomic mass is 32.2. The first-order valence-corrected chi connectivity index (χ1v) is 10.9. The minimum Gasteiger partial charge on any atom is -0.339 e. The Kier molecular flexibility index (Phi) is 6.16. The van der Waals surface area contributed by atoms with E-state index in [1.807, 2.05) is 40.1 Å². The zero-order chi connectivity index (χ0) is 20.2. The normalized spacial score (nSPS) is 20.3. The number of rotatable bonds is 5. The van der Waals surface area contributed by atoms with E-state index in [4.69, 9.17) is 0 Å². The second kappa shape index (κ2) is 8.97. The van der Waals surface area contributed by atoms with Gasteiger partial charge in [-0.15, -0.1) is 11.8 Å². The Hall–Kier alpha value is -2.38. The van der Waals surface area contributed by atoms with Crippen molar-refractivity contribution in [3.63, 3.8) is 0 Å². The molecule has 0 N–H and O–H groups in total. The third-order valence-corrected chi connectivity index (χ3v) is 6.57. The summed E-state index contributed by atoms with van der Waals surface area (Å²) in [7, 11) is 0. The smallest absolute Gasteiger partial charge is 0.244 e. The number of thioether (sulfide) groups is 1. The molecule has 0 saturated carbocycles. The third-order valence-electron chi connectivity index (χ3n) is 5.54. The number of anilines is 1. The summed E-state index contributed by atoms with van der Waals surface area (Å²) in [6.45, 7) is 3.31. The van der Waals surface area contributed by atoms with Crippen LogP contribution in [0, 0.1) is 5.82 Å². The van der Waals surface area contributed by atoms with E-state index in [0.29, 0.717) is 31.1 Å². The number of amides is 2. The number of para-hydroxylation sites is 1. The number of hydrogen-bond donors (Lipinski definition) is 0. The first-order chi connectivity index (χ1) is 14.1. The fourth-order valence-corrected chi connectivity index (χ4v) is 4.79. The lowest BCUT2D eigenvalue weighted by Gasteiger charge is -2.37. The molecule has 0 bridgehead atoms.